The van der Waals surface area contributed by atoms with Gasteiger partial charge in [0.05, 0.1) is 0 Å². The summed E-state index contributed by atoms with van der Waals surface area (Å²) in [5.74, 6) is -1.15. The monoisotopic (exact) mass is 466 g/mol. The van der Waals surface area contributed by atoms with E-state index >= 15 is 0 Å². The highest BCUT2D eigenvalue weighted by atomic mass is 16.6. The Morgan fingerprint density at radius 2 is 1.71 bits per heavy atom. The number of carbonyl (C=O) groups excluding carboxylic acids is 2. The van der Waals surface area contributed by atoms with Gasteiger partial charge in [0.25, 0.3) is 0 Å². The van der Waals surface area contributed by atoms with Crippen LogP contribution < -0.4 is 5.32 Å². The smallest absolute Gasteiger partial charge is 0.410 e. The summed E-state index contributed by atoms with van der Waals surface area (Å²) >= 11 is 0. The lowest BCUT2D eigenvalue weighted by Gasteiger charge is -2.38. The maximum atomic E-state index is 12.7. The predicted octanol–water partition coefficient (Wildman–Crippen LogP) is 4.34. The SMILES string of the molecule is CC(C)(C)OC(=O)NC1(C(=O)O)CCN(C(=O)OCc2cccc3c2Cc2ccccc2-3)CC1. The van der Waals surface area contributed by atoms with Crippen molar-refractivity contribution >= 4 is 18.2 Å². The third-order valence-electron chi connectivity index (χ3n) is 6.32. The Balaban J connectivity index is 1.36. The second kappa shape index (κ2) is 9.00. The van der Waals surface area contributed by atoms with Crippen LogP contribution in [-0.2, 0) is 27.3 Å². The lowest BCUT2D eigenvalue weighted by molar-refractivity contribution is -0.147. The van der Waals surface area contributed by atoms with E-state index in [2.05, 4.69) is 23.5 Å². The lowest BCUT2D eigenvalue weighted by Crippen LogP contribution is -2.61. The number of carboxylic acids is 1. The molecule has 1 aliphatic heterocycles. The van der Waals surface area contributed by atoms with Gasteiger partial charge in [-0.25, -0.2) is 14.4 Å². The molecule has 0 spiro atoms. The molecular weight excluding hydrogens is 436 g/mol. The average molecular weight is 467 g/mol. The molecule has 4 rings (SSSR count). The minimum absolute atomic E-state index is 0.0622. The van der Waals surface area contributed by atoms with E-state index in [0.717, 1.165) is 12.0 Å². The number of nitrogens with zero attached hydrogens (tertiary/aromatic N) is 1. The van der Waals surface area contributed by atoms with Crippen LogP contribution in [0.15, 0.2) is 42.5 Å². The van der Waals surface area contributed by atoms with Crippen LogP contribution in [-0.4, -0.2) is 52.4 Å². The van der Waals surface area contributed by atoms with Crippen molar-refractivity contribution in [2.45, 2.75) is 57.8 Å². The fraction of sp³-hybridized carbons (Fsp3) is 0.423. The van der Waals surface area contributed by atoms with Gasteiger partial charge in [0.2, 0.25) is 0 Å². The number of alkyl carbamates (subject to hydrolysis) is 1. The minimum atomic E-state index is -1.48. The highest BCUT2D eigenvalue weighted by molar-refractivity contribution is 5.85. The Kier molecular flexibility index (Phi) is 6.25. The Labute approximate surface area is 198 Å². The third kappa shape index (κ3) is 4.85. The van der Waals surface area contributed by atoms with E-state index < -0.39 is 29.3 Å². The summed E-state index contributed by atoms with van der Waals surface area (Å²) < 4.78 is 10.8. The van der Waals surface area contributed by atoms with Gasteiger partial charge in [-0.05, 0) is 67.9 Å². The summed E-state index contributed by atoms with van der Waals surface area (Å²) in [5.41, 5.74) is 3.55. The number of amides is 2. The van der Waals surface area contributed by atoms with Gasteiger partial charge in [-0.1, -0.05) is 42.5 Å². The Morgan fingerprint density at radius 1 is 1.03 bits per heavy atom. The Bertz CT molecular complexity index is 1110. The van der Waals surface area contributed by atoms with Gasteiger partial charge in [0, 0.05) is 13.1 Å². The normalized spacial score (nSPS) is 16.3. The zero-order valence-corrected chi connectivity index (χ0v) is 19.7. The van der Waals surface area contributed by atoms with E-state index in [9.17, 15) is 19.5 Å². The molecule has 34 heavy (non-hydrogen) atoms. The van der Waals surface area contributed by atoms with Crippen LogP contribution in [0.25, 0.3) is 11.1 Å². The number of rotatable bonds is 4. The van der Waals surface area contributed by atoms with Gasteiger partial charge >= 0.3 is 18.2 Å². The van der Waals surface area contributed by atoms with Crippen molar-refractivity contribution in [1.82, 2.24) is 10.2 Å². The summed E-state index contributed by atoms with van der Waals surface area (Å²) in [6.07, 6.45) is -0.353. The first-order chi connectivity index (χ1) is 16.1. The standard InChI is InChI=1S/C26H30N2O6/c1-25(2,3)34-23(31)27-26(22(29)30)11-13-28(14-12-26)24(32)33-16-18-8-6-10-20-19-9-5-4-7-17(19)15-21(18)20/h4-10H,11-16H2,1-3H3,(H,27,31)(H,29,30). The summed E-state index contributed by atoms with van der Waals surface area (Å²) in [6, 6.07) is 14.3. The molecule has 1 fully saturated rings. The summed E-state index contributed by atoms with van der Waals surface area (Å²) in [6.45, 7) is 5.57. The fourth-order valence-corrected chi connectivity index (χ4v) is 4.55. The second-order valence-corrected chi connectivity index (χ2v) is 9.83. The van der Waals surface area contributed by atoms with E-state index in [0.29, 0.717) is 0 Å². The number of nitrogens with one attached hydrogen (secondary N) is 1. The maximum Gasteiger partial charge on any atom is 0.410 e. The minimum Gasteiger partial charge on any atom is -0.480 e. The van der Waals surface area contributed by atoms with Crippen molar-refractivity contribution in [3.05, 3.63) is 59.2 Å². The first kappa shape index (κ1) is 23.6. The van der Waals surface area contributed by atoms with Crippen LogP contribution in [0.4, 0.5) is 9.59 Å². The number of aliphatic carboxylic acids is 1. The van der Waals surface area contributed by atoms with Crippen molar-refractivity contribution in [1.29, 1.82) is 0 Å². The van der Waals surface area contributed by atoms with E-state index in [-0.39, 0.29) is 32.5 Å². The van der Waals surface area contributed by atoms with Crippen LogP contribution in [0.5, 0.6) is 0 Å². The zero-order chi connectivity index (χ0) is 24.5. The molecule has 0 unspecified atom stereocenters. The van der Waals surface area contributed by atoms with E-state index in [1.54, 1.807) is 20.8 Å². The fourth-order valence-electron chi connectivity index (χ4n) is 4.55. The molecule has 2 aromatic carbocycles. The number of fused-ring (bicyclic) bond motifs is 3. The third-order valence-corrected chi connectivity index (χ3v) is 6.32. The molecule has 0 bridgehead atoms. The van der Waals surface area contributed by atoms with Gasteiger partial charge in [0.15, 0.2) is 0 Å². The first-order valence-corrected chi connectivity index (χ1v) is 11.4. The summed E-state index contributed by atoms with van der Waals surface area (Å²) in [4.78, 5) is 38.4. The summed E-state index contributed by atoms with van der Waals surface area (Å²) in [5, 5.41) is 12.3. The topological polar surface area (TPSA) is 105 Å². The molecule has 1 saturated heterocycles. The number of likely N-dealkylation sites (tertiary alicyclic amines) is 1. The highest BCUT2D eigenvalue weighted by Gasteiger charge is 2.45. The van der Waals surface area contributed by atoms with Crippen LogP contribution in [0.2, 0.25) is 0 Å². The number of ether oxygens (including phenoxy) is 2. The van der Waals surface area contributed by atoms with Gasteiger partial charge in [0.1, 0.15) is 17.7 Å². The molecule has 2 aliphatic rings. The Hall–Kier alpha value is -3.55. The molecule has 0 aromatic heterocycles. The second-order valence-electron chi connectivity index (χ2n) is 9.83. The van der Waals surface area contributed by atoms with Crippen molar-refractivity contribution in [3.8, 4) is 11.1 Å². The van der Waals surface area contributed by atoms with Crippen LogP contribution in [0, 0.1) is 0 Å². The quantitative estimate of drug-likeness (QED) is 0.593. The van der Waals surface area contributed by atoms with E-state index in [1.165, 1.54) is 27.2 Å². The predicted molar refractivity (Wildman–Crippen MR) is 125 cm³/mol. The number of piperidine rings is 1. The molecule has 8 heteroatoms. The number of carboxylic acid groups (broad SMARTS) is 1. The van der Waals surface area contributed by atoms with Gasteiger partial charge < -0.3 is 24.8 Å². The molecular formula is C26H30N2O6. The molecule has 0 atom stereocenters. The number of hydrogen-bond acceptors (Lipinski definition) is 5. The highest BCUT2D eigenvalue weighted by Crippen LogP contribution is 2.38. The van der Waals surface area contributed by atoms with Gasteiger partial charge in [-0.15, -0.1) is 0 Å². The van der Waals surface area contributed by atoms with E-state index in [1.807, 2.05) is 24.3 Å². The average Bonchev–Trinajstić information content (AvgIpc) is 3.16. The zero-order valence-electron chi connectivity index (χ0n) is 19.7. The van der Waals surface area contributed by atoms with Crippen LogP contribution >= 0.6 is 0 Å². The summed E-state index contributed by atoms with van der Waals surface area (Å²) in [7, 11) is 0. The molecule has 2 aromatic rings. The molecule has 0 saturated carbocycles. The number of carbonyl (C=O) groups is 3. The van der Waals surface area contributed by atoms with Crippen LogP contribution in [0.1, 0.15) is 50.3 Å². The van der Waals surface area contributed by atoms with Crippen molar-refractivity contribution in [3.63, 3.8) is 0 Å². The molecule has 1 heterocycles. The number of hydrogen-bond donors (Lipinski definition) is 2. The molecule has 2 N–H and O–H groups in total. The van der Waals surface area contributed by atoms with Gasteiger partial charge in [-0.3, -0.25) is 0 Å². The first-order valence-electron chi connectivity index (χ1n) is 11.4. The number of benzene rings is 2. The molecule has 2 amide bonds. The van der Waals surface area contributed by atoms with Crippen molar-refractivity contribution < 1.29 is 29.0 Å². The molecule has 8 nitrogen and oxygen atoms in total. The van der Waals surface area contributed by atoms with Crippen molar-refractivity contribution in [2.75, 3.05) is 13.1 Å². The Morgan fingerprint density at radius 3 is 2.38 bits per heavy atom. The van der Waals surface area contributed by atoms with Crippen LogP contribution in [0.3, 0.4) is 0 Å². The van der Waals surface area contributed by atoms with Gasteiger partial charge in [-0.2, -0.15) is 0 Å². The molecule has 180 valence electrons. The molecule has 1 aliphatic carbocycles. The maximum absolute atomic E-state index is 12.7. The molecule has 0 radical (unpaired) electrons. The van der Waals surface area contributed by atoms with Crippen molar-refractivity contribution in [2.24, 2.45) is 0 Å². The largest absolute Gasteiger partial charge is 0.480 e. The lowest BCUT2D eigenvalue weighted by atomic mass is 9.88. The van der Waals surface area contributed by atoms with E-state index in [4.69, 9.17) is 9.47 Å².